The van der Waals surface area contributed by atoms with Gasteiger partial charge in [0.1, 0.15) is 17.2 Å². The molecule has 1 aromatic carbocycles. The zero-order chi connectivity index (χ0) is 11.6. The van der Waals surface area contributed by atoms with Crippen molar-refractivity contribution in [2.45, 2.75) is 26.3 Å². The SMILES string of the molecule is CCC(C)[C@@H](N)c1c(O)cc(O)cc1O.Cl. The molecule has 1 aromatic rings. The van der Waals surface area contributed by atoms with Crippen LogP contribution in [0.3, 0.4) is 0 Å². The van der Waals surface area contributed by atoms with Crippen molar-refractivity contribution in [3.8, 4) is 17.2 Å². The van der Waals surface area contributed by atoms with Crippen LogP contribution in [0.2, 0.25) is 0 Å². The summed E-state index contributed by atoms with van der Waals surface area (Å²) in [6, 6.07) is 1.92. The fourth-order valence-electron chi connectivity index (χ4n) is 1.49. The summed E-state index contributed by atoms with van der Waals surface area (Å²) >= 11 is 0. The minimum Gasteiger partial charge on any atom is -0.508 e. The van der Waals surface area contributed by atoms with Crippen LogP contribution in [0.5, 0.6) is 17.2 Å². The summed E-state index contributed by atoms with van der Waals surface area (Å²) in [5.74, 6) is -0.364. The number of benzene rings is 1. The van der Waals surface area contributed by atoms with Crippen LogP contribution in [-0.2, 0) is 0 Å². The quantitative estimate of drug-likeness (QED) is 0.660. The van der Waals surface area contributed by atoms with E-state index in [9.17, 15) is 10.2 Å². The third-order valence-corrected chi connectivity index (χ3v) is 2.71. The monoisotopic (exact) mass is 247 g/mol. The number of hydrogen-bond donors (Lipinski definition) is 4. The lowest BCUT2D eigenvalue weighted by molar-refractivity contribution is 0.383. The summed E-state index contributed by atoms with van der Waals surface area (Å²) in [6.45, 7) is 3.93. The molecule has 16 heavy (non-hydrogen) atoms. The molecule has 0 aliphatic carbocycles. The summed E-state index contributed by atoms with van der Waals surface area (Å²) in [4.78, 5) is 0. The fourth-order valence-corrected chi connectivity index (χ4v) is 1.49. The lowest BCUT2D eigenvalue weighted by Crippen LogP contribution is -2.18. The number of nitrogens with two attached hydrogens (primary N) is 1. The molecule has 1 unspecified atom stereocenters. The predicted molar refractivity (Wildman–Crippen MR) is 65.1 cm³/mol. The Hall–Kier alpha value is -1.13. The van der Waals surface area contributed by atoms with E-state index in [0.717, 1.165) is 6.42 Å². The molecule has 4 nitrogen and oxygen atoms in total. The van der Waals surface area contributed by atoms with E-state index in [-0.39, 0.29) is 35.6 Å². The number of phenolic OH excluding ortho intramolecular Hbond substituents is 3. The highest BCUT2D eigenvalue weighted by Crippen LogP contribution is 2.38. The van der Waals surface area contributed by atoms with Crippen molar-refractivity contribution >= 4 is 12.4 Å². The third kappa shape index (κ3) is 2.93. The molecule has 0 heterocycles. The molecule has 2 atom stereocenters. The normalized spacial score (nSPS) is 13.9. The van der Waals surface area contributed by atoms with E-state index in [1.54, 1.807) is 0 Å². The van der Waals surface area contributed by atoms with Gasteiger partial charge in [0.2, 0.25) is 0 Å². The number of hydrogen-bond acceptors (Lipinski definition) is 4. The molecule has 1 rings (SSSR count). The van der Waals surface area contributed by atoms with Gasteiger partial charge in [-0.1, -0.05) is 20.3 Å². The van der Waals surface area contributed by atoms with Crippen molar-refractivity contribution in [1.29, 1.82) is 0 Å². The summed E-state index contributed by atoms with van der Waals surface area (Å²) in [6.07, 6.45) is 0.848. The first kappa shape index (κ1) is 14.9. The Morgan fingerprint density at radius 2 is 1.62 bits per heavy atom. The average Bonchev–Trinajstić information content (AvgIpc) is 2.14. The van der Waals surface area contributed by atoms with Crippen LogP contribution < -0.4 is 5.73 Å². The van der Waals surface area contributed by atoms with Gasteiger partial charge in [0, 0.05) is 18.2 Å². The van der Waals surface area contributed by atoms with Crippen LogP contribution in [0, 0.1) is 5.92 Å². The molecule has 0 saturated heterocycles. The zero-order valence-corrected chi connectivity index (χ0v) is 10.2. The van der Waals surface area contributed by atoms with Gasteiger partial charge < -0.3 is 21.1 Å². The van der Waals surface area contributed by atoms with Crippen LogP contribution in [0.25, 0.3) is 0 Å². The second-order valence-corrected chi connectivity index (χ2v) is 3.81. The molecule has 0 aromatic heterocycles. The van der Waals surface area contributed by atoms with Crippen molar-refractivity contribution in [2.75, 3.05) is 0 Å². The molecule has 0 fully saturated rings. The third-order valence-electron chi connectivity index (χ3n) is 2.71. The number of halogens is 1. The standard InChI is InChI=1S/C11H17NO3.ClH/c1-3-6(2)11(12)10-8(14)4-7(13)5-9(10)15;/h4-6,11,13-15H,3,12H2,1-2H3;1H/t6?,11-;/m1./s1. The van der Waals surface area contributed by atoms with Crippen molar-refractivity contribution in [2.24, 2.45) is 11.7 Å². The highest BCUT2D eigenvalue weighted by molar-refractivity contribution is 5.85. The van der Waals surface area contributed by atoms with Gasteiger partial charge in [0.25, 0.3) is 0 Å². The molecule has 5 heteroatoms. The zero-order valence-electron chi connectivity index (χ0n) is 9.34. The van der Waals surface area contributed by atoms with E-state index < -0.39 is 6.04 Å². The van der Waals surface area contributed by atoms with Crippen LogP contribution >= 0.6 is 12.4 Å². The van der Waals surface area contributed by atoms with E-state index in [1.165, 1.54) is 12.1 Å². The van der Waals surface area contributed by atoms with Crippen LogP contribution in [0.15, 0.2) is 12.1 Å². The highest BCUT2D eigenvalue weighted by Gasteiger charge is 2.21. The Morgan fingerprint density at radius 3 is 2.00 bits per heavy atom. The van der Waals surface area contributed by atoms with Gasteiger partial charge in [-0.15, -0.1) is 12.4 Å². The lowest BCUT2D eigenvalue weighted by atomic mass is 9.92. The summed E-state index contributed by atoms with van der Waals surface area (Å²) in [7, 11) is 0. The topological polar surface area (TPSA) is 86.7 Å². The van der Waals surface area contributed by atoms with Crippen LogP contribution in [0.1, 0.15) is 31.9 Å². The lowest BCUT2D eigenvalue weighted by Gasteiger charge is -2.20. The maximum absolute atomic E-state index is 9.59. The molecule has 0 radical (unpaired) electrons. The Bertz CT molecular complexity index is 334. The molecule has 0 saturated carbocycles. The van der Waals surface area contributed by atoms with Gasteiger partial charge in [0.05, 0.1) is 5.56 Å². The average molecular weight is 248 g/mol. The van der Waals surface area contributed by atoms with Gasteiger partial charge in [0.15, 0.2) is 0 Å². The minimum absolute atomic E-state index is 0. The number of rotatable bonds is 3. The predicted octanol–water partition coefficient (Wildman–Crippen LogP) is 2.27. The van der Waals surface area contributed by atoms with Crippen molar-refractivity contribution in [3.63, 3.8) is 0 Å². The Labute approximate surface area is 101 Å². The first-order chi connectivity index (χ1) is 6.97. The van der Waals surface area contributed by atoms with Crippen molar-refractivity contribution in [3.05, 3.63) is 17.7 Å². The molecule has 5 N–H and O–H groups in total. The summed E-state index contributed by atoms with van der Waals surface area (Å²) < 4.78 is 0. The van der Waals surface area contributed by atoms with Gasteiger partial charge in [-0.2, -0.15) is 0 Å². The molecular weight excluding hydrogens is 230 g/mol. The van der Waals surface area contributed by atoms with E-state index in [1.807, 2.05) is 13.8 Å². The molecular formula is C11H18ClNO3. The first-order valence-corrected chi connectivity index (χ1v) is 4.97. The number of aromatic hydroxyl groups is 3. The molecule has 92 valence electrons. The van der Waals surface area contributed by atoms with Gasteiger partial charge in [-0.05, 0) is 5.92 Å². The van der Waals surface area contributed by atoms with Gasteiger partial charge >= 0.3 is 0 Å². The highest BCUT2D eigenvalue weighted by atomic mass is 35.5. The fraction of sp³-hybridized carbons (Fsp3) is 0.455. The maximum atomic E-state index is 9.59. The Kier molecular flexibility index (Phi) is 5.41. The molecule has 0 aliphatic rings. The smallest absolute Gasteiger partial charge is 0.127 e. The summed E-state index contributed by atoms with van der Waals surface area (Å²) in [5, 5.41) is 28.3. The van der Waals surface area contributed by atoms with Crippen molar-refractivity contribution in [1.82, 2.24) is 0 Å². The van der Waals surface area contributed by atoms with Gasteiger partial charge in [-0.25, -0.2) is 0 Å². The van der Waals surface area contributed by atoms with E-state index in [0.29, 0.717) is 5.56 Å². The van der Waals surface area contributed by atoms with Crippen LogP contribution in [0.4, 0.5) is 0 Å². The number of phenols is 3. The van der Waals surface area contributed by atoms with Crippen molar-refractivity contribution < 1.29 is 15.3 Å². The van der Waals surface area contributed by atoms with E-state index >= 15 is 0 Å². The molecule has 0 spiro atoms. The van der Waals surface area contributed by atoms with Gasteiger partial charge in [-0.3, -0.25) is 0 Å². The molecule has 0 amide bonds. The molecule has 0 bridgehead atoms. The second kappa shape index (κ2) is 5.82. The Balaban J connectivity index is 0.00000225. The molecule has 0 aliphatic heterocycles. The maximum Gasteiger partial charge on any atom is 0.127 e. The second-order valence-electron chi connectivity index (χ2n) is 3.81. The van der Waals surface area contributed by atoms with E-state index in [4.69, 9.17) is 10.8 Å². The summed E-state index contributed by atoms with van der Waals surface area (Å²) in [5.41, 5.74) is 6.19. The first-order valence-electron chi connectivity index (χ1n) is 4.97. The van der Waals surface area contributed by atoms with E-state index in [2.05, 4.69) is 0 Å². The largest absolute Gasteiger partial charge is 0.508 e. The minimum atomic E-state index is -0.435. The van der Waals surface area contributed by atoms with Crippen LogP contribution in [-0.4, -0.2) is 15.3 Å². The Morgan fingerprint density at radius 1 is 1.19 bits per heavy atom.